The fourth-order valence-electron chi connectivity index (χ4n) is 5.09. The van der Waals surface area contributed by atoms with Crippen molar-refractivity contribution in [3.63, 3.8) is 0 Å². The lowest BCUT2D eigenvalue weighted by atomic mass is 9.90. The minimum absolute atomic E-state index is 0.0202. The van der Waals surface area contributed by atoms with E-state index in [9.17, 15) is 14.1 Å². The highest BCUT2D eigenvalue weighted by Gasteiger charge is 2.56. The molecule has 4 rings (SSSR count). The maximum absolute atomic E-state index is 14.7. The van der Waals surface area contributed by atoms with E-state index in [1.54, 1.807) is 25.5 Å². The zero-order chi connectivity index (χ0) is 23.0. The average molecular weight is 443 g/mol. The average Bonchev–Trinajstić information content (AvgIpc) is 3.23. The third-order valence-corrected chi connectivity index (χ3v) is 7.24. The van der Waals surface area contributed by atoms with Gasteiger partial charge in [0, 0.05) is 44.2 Å². The smallest absolute Gasteiger partial charge is 0.316 e. The molecule has 2 amide bonds. The first-order chi connectivity index (χ1) is 15.3. The summed E-state index contributed by atoms with van der Waals surface area (Å²) in [6.45, 7) is 7.07. The lowest BCUT2D eigenvalue weighted by Crippen LogP contribution is -2.42. The fraction of sp³-hybridized carbons (Fsp3) is 0.583. The van der Waals surface area contributed by atoms with Crippen LogP contribution in [0.25, 0.3) is 0 Å². The molecule has 3 aliphatic heterocycles. The van der Waals surface area contributed by atoms with Crippen LogP contribution in [0, 0.1) is 17.3 Å². The van der Waals surface area contributed by atoms with Crippen molar-refractivity contribution in [1.29, 1.82) is 0 Å². The van der Waals surface area contributed by atoms with Gasteiger partial charge in [-0.2, -0.15) is 5.12 Å². The Morgan fingerprint density at radius 3 is 2.66 bits per heavy atom. The van der Waals surface area contributed by atoms with E-state index in [-0.39, 0.29) is 41.6 Å². The molecule has 172 valence electrons. The van der Waals surface area contributed by atoms with Crippen molar-refractivity contribution in [3.8, 4) is 0 Å². The molecule has 0 N–H and O–H groups in total. The number of carbonyl (C=O) groups excluding carboxylic acids is 2. The van der Waals surface area contributed by atoms with Crippen molar-refractivity contribution < 1.29 is 18.8 Å². The van der Waals surface area contributed by atoms with Crippen molar-refractivity contribution in [1.82, 2.24) is 10.0 Å². The molecular formula is C24H31FN4O3. The molecule has 1 saturated carbocycles. The summed E-state index contributed by atoms with van der Waals surface area (Å²) in [5.74, 6) is -0.606. The molecule has 3 heterocycles. The highest BCUT2D eigenvalue weighted by atomic mass is 19.2. The first kappa shape index (κ1) is 22.4. The van der Waals surface area contributed by atoms with Gasteiger partial charge in [0.25, 0.3) is 5.91 Å². The first-order valence-corrected chi connectivity index (χ1v) is 11.2. The van der Waals surface area contributed by atoms with Crippen LogP contribution in [0.4, 0.5) is 4.48 Å². The van der Waals surface area contributed by atoms with Gasteiger partial charge in [-0.25, -0.2) is 0 Å². The molecule has 3 atom stereocenters. The Morgan fingerprint density at radius 2 is 2.03 bits per heavy atom. The summed E-state index contributed by atoms with van der Waals surface area (Å²) in [6.07, 6.45) is 9.00. The molecule has 7 nitrogen and oxygen atoms in total. The second kappa shape index (κ2) is 8.64. The first-order valence-electron chi connectivity index (χ1n) is 11.2. The van der Waals surface area contributed by atoms with Gasteiger partial charge in [-0.3, -0.25) is 19.6 Å². The molecule has 0 radical (unpaired) electrons. The van der Waals surface area contributed by atoms with Crippen LogP contribution < -0.4 is 0 Å². The summed E-state index contributed by atoms with van der Waals surface area (Å²) >= 11 is 0. The minimum Gasteiger partial charge on any atom is -0.478 e. The predicted molar refractivity (Wildman–Crippen MR) is 121 cm³/mol. The van der Waals surface area contributed by atoms with Crippen LogP contribution in [0.1, 0.15) is 40.0 Å². The molecule has 0 aromatic carbocycles. The number of likely N-dealkylation sites (tertiary alicyclic amines) is 1. The van der Waals surface area contributed by atoms with Gasteiger partial charge in [0.2, 0.25) is 0 Å². The third kappa shape index (κ3) is 4.14. The lowest BCUT2D eigenvalue weighted by molar-refractivity contribution is -0.146. The molecule has 3 unspecified atom stereocenters. The number of rotatable bonds is 5. The van der Waals surface area contributed by atoms with Crippen molar-refractivity contribution in [2.24, 2.45) is 27.2 Å². The highest BCUT2D eigenvalue weighted by Crippen LogP contribution is 2.59. The van der Waals surface area contributed by atoms with Crippen molar-refractivity contribution in [3.05, 3.63) is 35.3 Å². The number of fused-ring (bicyclic) bond motifs is 1. The molecule has 0 bridgehead atoms. The molecule has 4 aliphatic rings. The number of hydrogen-bond acceptors (Lipinski definition) is 5. The van der Waals surface area contributed by atoms with E-state index in [1.807, 2.05) is 31.7 Å². The van der Waals surface area contributed by atoms with E-state index in [0.717, 1.165) is 30.5 Å². The molecular weight excluding hydrogens is 411 g/mol. The lowest BCUT2D eigenvalue weighted by Gasteiger charge is -2.34. The van der Waals surface area contributed by atoms with Crippen molar-refractivity contribution in [2.45, 2.75) is 46.1 Å². The molecule has 0 aromatic heterocycles. The second-order valence-electron chi connectivity index (χ2n) is 9.42. The van der Waals surface area contributed by atoms with E-state index in [1.165, 1.54) is 0 Å². The van der Waals surface area contributed by atoms with Gasteiger partial charge in [-0.15, -0.1) is 0 Å². The van der Waals surface area contributed by atoms with Crippen LogP contribution in [0.3, 0.4) is 0 Å². The van der Waals surface area contributed by atoms with E-state index >= 15 is 0 Å². The maximum Gasteiger partial charge on any atom is 0.316 e. The number of halogens is 1. The Kier molecular flexibility index (Phi) is 6.05. The van der Waals surface area contributed by atoms with Crippen LogP contribution in [-0.2, 0) is 14.3 Å². The topological polar surface area (TPSA) is 74.6 Å². The predicted octanol–water partition coefficient (Wildman–Crippen LogP) is 3.25. The van der Waals surface area contributed by atoms with Gasteiger partial charge >= 0.3 is 5.91 Å². The zero-order valence-electron chi connectivity index (χ0n) is 19.2. The van der Waals surface area contributed by atoms with Crippen molar-refractivity contribution in [2.75, 3.05) is 26.7 Å². The quantitative estimate of drug-likeness (QED) is 0.373. The highest BCUT2D eigenvalue weighted by molar-refractivity contribution is 6.21. The molecule has 0 aromatic rings. The van der Waals surface area contributed by atoms with E-state index in [0.29, 0.717) is 23.8 Å². The maximum atomic E-state index is 14.7. The number of ether oxygens (including phenoxy) is 1. The van der Waals surface area contributed by atoms with Crippen LogP contribution >= 0.6 is 0 Å². The molecule has 1 saturated heterocycles. The number of nitrogens with zero attached hydrogens (tertiary/aromatic N) is 4. The van der Waals surface area contributed by atoms with E-state index in [4.69, 9.17) is 4.74 Å². The Bertz CT molecular complexity index is 952. The monoisotopic (exact) mass is 442 g/mol. The van der Waals surface area contributed by atoms with Crippen LogP contribution in [-0.4, -0.2) is 66.5 Å². The summed E-state index contributed by atoms with van der Waals surface area (Å²) in [5, 5.41) is 0.295. The van der Waals surface area contributed by atoms with Gasteiger partial charge in [0.15, 0.2) is 5.76 Å². The molecule has 1 spiro atoms. The Morgan fingerprint density at radius 1 is 1.31 bits per heavy atom. The summed E-state index contributed by atoms with van der Waals surface area (Å²) in [6, 6.07) is 0. The van der Waals surface area contributed by atoms with Gasteiger partial charge in [0.05, 0.1) is 12.1 Å². The van der Waals surface area contributed by atoms with Crippen molar-refractivity contribution >= 4 is 23.7 Å². The number of hydrogen-bond donors (Lipinski definition) is 0. The van der Waals surface area contributed by atoms with Crippen LogP contribution in [0.15, 0.2) is 45.2 Å². The van der Waals surface area contributed by atoms with Gasteiger partial charge in [-0.05, 0) is 57.4 Å². The number of piperidine rings is 1. The normalized spacial score (nSPS) is 27.5. The minimum atomic E-state index is -0.724. The molecule has 2 fully saturated rings. The SMILES string of the molecule is CN=C(C)C(C(=O)N1CCC2(CC1)CC2CN(F)C(=O)C1=CC2C=CN=CC2O1)=C(C)C. The fourth-order valence-corrected chi connectivity index (χ4v) is 5.09. The zero-order valence-corrected chi connectivity index (χ0v) is 19.2. The second-order valence-corrected chi connectivity index (χ2v) is 9.42. The number of carbonyl (C=O) groups is 2. The summed E-state index contributed by atoms with van der Waals surface area (Å²) in [5.41, 5.74) is 2.41. The number of amides is 2. The van der Waals surface area contributed by atoms with Gasteiger partial charge in [0.1, 0.15) is 6.10 Å². The molecule has 32 heavy (non-hydrogen) atoms. The molecule has 1 aliphatic carbocycles. The Balaban J connectivity index is 1.30. The Labute approximate surface area is 188 Å². The summed E-state index contributed by atoms with van der Waals surface area (Å²) in [4.78, 5) is 35.6. The number of allylic oxidation sites excluding steroid dienone is 1. The van der Waals surface area contributed by atoms with Crippen LogP contribution in [0.5, 0.6) is 0 Å². The largest absolute Gasteiger partial charge is 0.478 e. The summed E-state index contributed by atoms with van der Waals surface area (Å²) in [7, 11) is 1.69. The van der Waals surface area contributed by atoms with Gasteiger partial charge in [-0.1, -0.05) is 16.1 Å². The van der Waals surface area contributed by atoms with Gasteiger partial charge < -0.3 is 9.64 Å². The van der Waals surface area contributed by atoms with E-state index in [2.05, 4.69) is 9.98 Å². The summed E-state index contributed by atoms with van der Waals surface area (Å²) < 4.78 is 20.3. The number of aliphatic imine (C=N–C) groups is 2. The van der Waals surface area contributed by atoms with Crippen LogP contribution in [0.2, 0.25) is 0 Å². The standard InChI is InChI=1S/C24H31FN4O3/c1-15(2)21(16(3)26-4)23(31)28-9-6-24(7-10-28)12-18(24)14-29(25)22(30)19-11-17-5-8-27-13-20(17)32-19/h5,8,11,13,17-18,20H,6-7,9-10,12,14H2,1-4H3. The molecule has 8 heteroatoms. The third-order valence-electron chi connectivity index (χ3n) is 7.24. The Hall–Kier alpha value is -2.77. The van der Waals surface area contributed by atoms with E-state index < -0.39 is 5.91 Å².